The van der Waals surface area contributed by atoms with Gasteiger partial charge in [0.1, 0.15) is 22.7 Å². The van der Waals surface area contributed by atoms with E-state index in [1.54, 1.807) is 0 Å². The van der Waals surface area contributed by atoms with Crippen molar-refractivity contribution < 1.29 is 9.52 Å². The minimum atomic E-state index is -0.335. The van der Waals surface area contributed by atoms with Crippen LogP contribution >= 0.6 is 0 Å². The van der Waals surface area contributed by atoms with Crippen molar-refractivity contribution in [3.8, 4) is 67.5 Å². The number of hydrogen-bond donors (Lipinski definition) is 1. The van der Waals surface area contributed by atoms with Crippen molar-refractivity contribution in [2.24, 2.45) is 0 Å². The Morgan fingerprint density at radius 1 is 0.493 bits per heavy atom. The highest BCUT2D eigenvalue weighted by atomic mass is 16.3. The summed E-state index contributed by atoms with van der Waals surface area (Å²) in [6.45, 7) is 31.1. The molecule has 1 N–H and O–H groups in total. The maximum Gasteiger partial charge on any atom is 0.149 e. The van der Waals surface area contributed by atoms with E-state index < -0.39 is 0 Å². The van der Waals surface area contributed by atoms with Crippen LogP contribution in [0, 0.1) is 13.8 Å². The fraction of sp³-hybridized carbons (Fsp3) is 0.273. The predicted octanol–water partition coefficient (Wildman–Crippen LogP) is 18.2. The van der Waals surface area contributed by atoms with Crippen LogP contribution in [-0.4, -0.2) is 19.6 Å². The zero-order valence-electron chi connectivity index (χ0n) is 44.1. The molecule has 0 unspecified atom stereocenters. The molecule has 0 aliphatic carbocycles. The molecule has 10 rings (SSSR count). The first-order valence-electron chi connectivity index (χ1n) is 25.1. The van der Waals surface area contributed by atoms with Gasteiger partial charge in [-0.05, 0) is 135 Å². The highest BCUT2D eigenvalue weighted by Gasteiger charge is 2.30. The van der Waals surface area contributed by atoms with Gasteiger partial charge in [0.05, 0.1) is 28.0 Å². The van der Waals surface area contributed by atoms with Crippen LogP contribution in [0.5, 0.6) is 5.75 Å². The molecule has 0 aliphatic rings. The number of imidazole rings is 1. The number of phenols is 1. The Bertz CT molecular complexity index is 3710. The van der Waals surface area contributed by atoms with Crippen molar-refractivity contribution in [3.63, 3.8) is 0 Å². The lowest BCUT2D eigenvalue weighted by molar-refractivity contribution is 0.446. The van der Waals surface area contributed by atoms with E-state index in [9.17, 15) is 5.11 Å². The number of aromatic hydroxyl groups is 1. The number of pyridine rings is 1. The number of phenolic OH excluding ortho intramolecular Hbond substituents is 1. The molecule has 0 fully saturated rings. The highest BCUT2D eigenvalue weighted by molar-refractivity contribution is 6.07. The van der Waals surface area contributed by atoms with Gasteiger partial charge in [-0.2, -0.15) is 0 Å². The van der Waals surface area contributed by atoms with Gasteiger partial charge in [-0.25, -0.2) is 4.98 Å². The lowest BCUT2D eigenvalue weighted by atomic mass is 9.79. The van der Waals surface area contributed by atoms with E-state index >= 15 is 0 Å². The second-order valence-corrected chi connectivity index (χ2v) is 23.9. The van der Waals surface area contributed by atoms with Gasteiger partial charge in [0.2, 0.25) is 0 Å². The number of furan rings is 1. The fourth-order valence-corrected chi connectivity index (χ4v) is 10.2. The monoisotopic (exact) mass is 934 g/mol. The van der Waals surface area contributed by atoms with Gasteiger partial charge in [0, 0.05) is 44.8 Å². The Morgan fingerprint density at radius 2 is 1.15 bits per heavy atom. The molecular weight excluding hydrogens is 867 g/mol. The molecule has 0 aliphatic heterocycles. The van der Waals surface area contributed by atoms with E-state index in [0.717, 1.165) is 106 Å². The van der Waals surface area contributed by atoms with Gasteiger partial charge < -0.3 is 9.52 Å². The average Bonchev–Trinajstić information content (AvgIpc) is 3.90. The largest absolute Gasteiger partial charge is 0.507 e. The van der Waals surface area contributed by atoms with Gasteiger partial charge in [-0.15, -0.1) is 0 Å². The van der Waals surface area contributed by atoms with Crippen LogP contribution in [0.25, 0.3) is 94.7 Å². The Kier molecular flexibility index (Phi) is 11.3. The van der Waals surface area contributed by atoms with Gasteiger partial charge >= 0.3 is 0 Å². The van der Waals surface area contributed by atoms with Crippen LogP contribution in [0.3, 0.4) is 0 Å². The first-order chi connectivity index (χ1) is 33.5. The maximum absolute atomic E-state index is 12.6. The molecule has 3 aromatic heterocycles. The van der Waals surface area contributed by atoms with Crippen molar-refractivity contribution in [2.45, 2.75) is 119 Å². The lowest BCUT2D eigenvalue weighted by Crippen LogP contribution is -2.17. The average molecular weight is 934 g/mol. The van der Waals surface area contributed by atoms with Gasteiger partial charge in [-0.3, -0.25) is 9.55 Å². The topological polar surface area (TPSA) is 64.1 Å². The molecule has 3 heterocycles. The first kappa shape index (κ1) is 47.4. The molecule has 10 aromatic rings. The van der Waals surface area contributed by atoms with Gasteiger partial charge in [-0.1, -0.05) is 168 Å². The van der Waals surface area contributed by atoms with Crippen molar-refractivity contribution >= 4 is 33.0 Å². The molecule has 71 heavy (non-hydrogen) atoms. The van der Waals surface area contributed by atoms with E-state index in [1.165, 1.54) is 11.1 Å². The summed E-state index contributed by atoms with van der Waals surface area (Å²) < 4.78 is 8.77. The van der Waals surface area contributed by atoms with Crippen LogP contribution in [0.15, 0.2) is 150 Å². The second kappa shape index (κ2) is 17.0. The summed E-state index contributed by atoms with van der Waals surface area (Å²) in [7, 11) is 0. The zero-order chi connectivity index (χ0) is 50.5. The standard InChI is InChI=1S/C66H67N3O2/c1-39-38-67-55(37-51(39)47-28-29-50-49-23-18-19-26-58(49)71-61(50)40(47)2)43-31-42(32-45(33-43)64(6,7)8)48-24-20-25-57-59(48)68-62(53-35-46(65(9,10)11)36-54(60(53)70)66(12,13)14)69(57)56-30-27-44(63(3,4)5)34-52(56)41-21-16-15-17-22-41/h15-38,70H,1-14H3. The van der Waals surface area contributed by atoms with Crippen molar-refractivity contribution in [3.05, 3.63) is 179 Å². The van der Waals surface area contributed by atoms with Crippen LogP contribution in [0.4, 0.5) is 0 Å². The number of benzene rings is 7. The third kappa shape index (κ3) is 8.54. The Balaban J connectivity index is 1.24. The number of aromatic nitrogens is 3. The number of fused-ring (bicyclic) bond motifs is 4. The number of aryl methyl sites for hydroxylation is 2. The molecule has 0 spiro atoms. The minimum absolute atomic E-state index is 0.0835. The number of rotatable bonds is 6. The van der Waals surface area contributed by atoms with Crippen LogP contribution < -0.4 is 0 Å². The first-order valence-corrected chi connectivity index (χ1v) is 25.1. The third-order valence-corrected chi connectivity index (χ3v) is 14.5. The molecular formula is C66H67N3O2. The van der Waals surface area contributed by atoms with E-state index in [1.807, 2.05) is 18.3 Å². The van der Waals surface area contributed by atoms with Gasteiger partial charge in [0.25, 0.3) is 0 Å². The van der Waals surface area contributed by atoms with Crippen molar-refractivity contribution in [1.29, 1.82) is 0 Å². The van der Waals surface area contributed by atoms with Crippen molar-refractivity contribution in [1.82, 2.24) is 14.5 Å². The molecule has 0 saturated carbocycles. The normalized spacial score (nSPS) is 12.7. The number of hydrogen-bond acceptors (Lipinski definition) is 4. The molecule has 0 atom stereocenters. The molecule has 358 valence electrons. The summed E-state index contributed by atoms with van der Waals surface area (Å²) in [6.07, 6.45) is 2.00. The second-order valence-electron chi connectivity index (χ2n) is 23.9. The molecule has 0 bridgehead atoms. The molecule has 0 saturated heterocycles. The van der Waals surface area contributed by atoms with Gasteiger partial charge in [0.15, 0.2) is 0 Å². The third-order valence-electron chi connectivity index (χ3n) is 14.5. The SMILES string of the molecule is Cc1cnc(-c2cc(-c3cccc4c3nc(-c3cc(C(C)(C)C)cc(C(C)(C)C)c3O)n4-c3ccc(C(C)(C)C)cc3-c3ccccc3)cc(C(C)(C)C)c2)cc1-c1ccc2c(oc3ccccc32)c1C. The summed E-state index contributed by atoms with van der Waals surface area (Å²) in [5.41, 5.74) is 19.6. The van der Waals surface area contributed by atoms with E-state index in [2.05, 4.69) is 229 Å². The van der Waals surface area contributed by atoms with Crippen molar-refractivity contribution in [2.75, 3.05) is 0 Å². The summed E-state index contributed by atoms with van der Waals surface area (Å²) in [4.78, 5) is 10.9. The smallest absolute Gasteiger partial charge is 0.149 e. The van der Waals surface area contributed by atoms with E-state index in [0.29, 0.717) is 11.4 Å². The predicted molar refractivity (Wildman–Crippen MR) is 299 cm³/mol. The minimum Gasteiger partial charge on any atom is -0.507 e. The molecule has 5 heteroatoms. The Labute approximate surface area is 420 Å². The van der Waals surface area contributed by atoms with E-state index in [-0.39, 0.29) is 27.4 Å². The lowest BCUT2D eigenvalue weighted by Gasteiger charge is -2.28. The molecule has 5 nitrogen and oxygen atoms in total. The quantitative estimate of drug-likeness (QED) is 0.180. The number of nitrogens with zero attached hydrogens (tertiary/aromatic N) is 3. The summed E-state index contributed by atoms with van der Waals surface area (Å²) in [6, 6.07) is 50.2. The van der Waals surface area contributed by atoms with E-state index in [4.69, 9.17) is 14.4 Å². The summed E-state index contributed by atoms with van der Waals surface area (Å²) in [5.74, 6) is 0.945. The Morgan fingerprint density at radius 3 is 1.86 bits per heavy atom. The summed E-state index contributed by atoms with van der Waals surface area (Å²) in [5, 5.41) is 14.9. The zero-order valence-corrected chi connectivity index (χ0v) is 44.1. The molecule has 0 radical (unpaired) electrons. The summed E-state index contributed by atoms with van der Waals surface area (Å²) >= 11 is 0. The highest BCUT2D eigenvalue weighted by Crippen LogP contribution is 2.47. The van der Waals surface area contributed by atoms with Crippen LogP contribution in [0.1, 0.15) is 116 Å². The Hall–Kier alpha value is -7.24. The number of para-hydroxylation sites is 2. The molecule has 7 aromatic carbocycles. The van der Waals surface area contributed by atoms with Crippen LogP contribution in [-0.2, 0) is 21.7 Å². The van der Waals surface area contributed by atoms with Crippen LogP contribution in [0.2, 0.25) is 0 Å². The fourth-order valence-electron chi connectivity index (χ4n) is 10.2. The maximum atomic E-state index is 12.6. The molecule has 0 amide bonds.